The average Bonchev–Trinajstić information content (AvgIpc) is 3.54. The zero-order chi connectivity index (χ0) is 24.3. The summed E-state index contributed by atoms with van der Waals surface area (Å²) in [5, 5.41) is 4.90. The zero-order valence-electron chi connectivity index (χ0n) is 19.5. The third kappa shape index (κ3) is 5.42. The van der Waals surface area contributed by atoms with Gasteiger partial charge in [0.2, 0.25) is 5.91 Å². The number of amides is 1. The van der Waals surface area contributed by atoms with Crippen molar-refractivity contribution in [1.29, 1.82) is 0 Å². The summed E-state index contributed by atoms with van der Waals surface area (Å²) in [5.74, 6) is 0.870. The summed E-state index contributed by atoms with van der Waals surface area (Å²) in [5.41, 5.74) is 1.34. The largest absolute Gasteiger partial charge is 0.488 e. The molecule has 2 atom stereocenters. The minimum absolute atomic E-state index is 0.131. The Kier molecular flexibility index (Phi) is 6.90. The first-order chi connectivity index (χ1) is 17.0. The van der Waals surface area contributed by atoms with Crippen LogP contribution in [0.15, 0.2) is 61.2 Å². The summed E-state index contributed by atoms with van der Waals surface area (Å²) in [6.07, 6.45) is 2.62. The molecule has 9 nitrogen and oxygen atoms in total. The molecule has 0 bridgehead atoms. The predicted octanol–water partition coefficient (Wildman–Crippen LogP) is 2.95. The van der Waals surface area contributed by atoms with E-state index in [9.17, 15) is 4.79 Å². The number of anilines is 1. The number of rotatable bonds is 7. The molecule has 2 aliphatic rings. The van der Waals surface area contributed by atoms with Crippen LogP contribution in [0.5, 0.6) is 5.75 Å². The Morgan fingerprint density at radius 1 is 1.11 bits per heavy atom. The van der Waals surface area contributed by atoms with E-state index in [0.717, 1.165) is 43.2 Å². The van der Waals surface area contributed by atoms with Gasteiger partial charge in [0.15, 0.2) is 6.29 Å². The Balaban J connectivity index is 1.19. The van der Waals surface area contributed by atoms with Crippen LogP contribution in [0.2, 0.25) is 5.02 Å². The first kappa shape index (κ1) is 23.6. The Bertz CT molecular complexity index is 1120. The highest BCUT2D eigenvalue weighted by Crippen LogP contribution is 2.36. The maximum atomic E-state index is 11.5. The Morgan fingerprint density at radius 2 is 1.86 bits per heavy atom. The number of nitrogens with zero attached hydrogens (tertiary/aromatic N) is 5. The summed E-state index contributed by atoms with van der Waals surface area (Å²) in [4.78, 5) is 19.7. The minimum Gasteiger partial charge on any atom is -0.488 e. The number of halogens is 1. The molecule has 3 aromatic rings. The SMILES string of the molecule is CC(=O)N1CCN(c2ccc(OC[C@H]3OC[C@@](Cn4cncn4)(c4ccc(Cl)cc4)O3)cc2)CC1. The second-order valence-electron chi connectivity index (χ2n) is 8.75. The lowest BCUT2D eigenvalue weighted by Gasteiger charge is -2.35. The third-order valence-electron chi connectivity index (χ3n) is 6.43. The molecule has 0 N–H and O–H groups in total. The lowest BCUT2D eigenvalue weighted by atomic mass is 9.94. The van der Waals surface area contributed by atoms with E-state index in [4.69, 9.17) is 25.8 Å². The van der Waals surface area contributed by atoms with Gasteiger partial charge in [-0.2, -0.15) is 5.10 Å². The number of piperazine rings is 1. The summed E-state index contributed by atoms with van der Waals surface area (Å²) in [7, 11) is 0. The van der Waals surface area contributed by atoms with E-state index in [2.05, 4.69) is 15.0 Å². The van der Waals surface area contributed by atoms with Crippen LogP contribution in [0.1, 0.15) is 12.5 Å². The van der Waals surface area contributed by atoms with Gasteiger partial charge in [-0.3, -0.25) is 4.79 Å². The molecular weight excluding hydrogens is 470 g/mol. The van der Waals surface area contributed by atoms with Crippen molar-refractivity contribution < 1.29 is 19.0 Å². The first-order valence-electron chi connectivity index (χ1n) is 11.6. The molecule has 35 heavy (non-hydrogen) atoms. The van der Waals surface area contributed by atoms with Crippen LogP contribution in [-0.2, 0) is 26.4 Å². The number of aromatic nitrogens is 3. The molecule has 3 heterocycles. The van der Waals surface area contributed by atoms with Gasteiger partial charge in [0, 0.05) is 43.8 Å². The van der Waals surface area contributed by atoms with E-state index in [1.54, 1.807) is 17.9 Å². The number of carbonyl (C=O) groups excluding carboxylic acids is 1. The van der Waals surface area contributed by atoms with Crippen molar-refractivity contribution in [2.75, 3.05) is 44.3 Å². The molecule has 2 fully saturated rings. The lowest BCUT2D eigenvalue weighted by Crippen LogP contribution is -2.48. The summed E-state index contributed by atoms with van der Waals surface area (Å²) in [6, 6.07) is 15.5. The highest BCUT2D eigenvalue weighted by Gasteiger charge is 2.44. The van der Waals surface area contributed by atoms with Gasteiger partial charge in [-0.1, -0.05) is 23.7 Å². The fraction of sp³-hybridized carbons (Fsp3) is 0.400. The van der Waals surface area contributed by atoms with E-state index < -0.39 is 11.9 Å². The maximum absolute atomic E-state index is 11.5. The second kappa shape index (κ2) is 10.2. The normalized spacial score (nSPS) is 22.4. The fourth-order valence-electron chi connectivity index (χ4n) is 4.48. The standard InChI is InChI=1S/C25H28ClN5O4/c1-19(32)29-10-12-30(13-11-29)22-6-8-23(9-7-22)33-14-24-34-16-25(35-24,15-31-18-27-17-28-31)20-2-4-21(26)5-3-20/h2-9,17-18,24H,10-16H2,1H3/t24-,25-/m0/s1. The monoisotopic (exact) mass is 497 g/mol. The van der Waals surface area contributed by atoms with Crippen molar-refractivity contribution in [3.63, 3.8) is 0 Å². The number of benzene rings is 2. The molecule has 2 saturated heterocycles. The van der Waals surface area contributed by atoms with Crippen molar-refractivity contribution in [3.05, 3.63) is 71.8 Å². The molecule has 184 valence electrons. The van der Waals surface area contributed by atoms with Gasteiger partial charge in [0.25, 0.3) is 0 Å². The van der Waals surface area contributed by atoms with E-state index in [-0.39, 0.29) is 12.5 Å². The smallest absolute Gasteiger partial charge is 0.219 e. The van der Waals surface area contributed by atoms with Crippen LogP contribution < -0.4 is 9.64 Å². The van der Waals surface area contributed by atoms with Crippen LogP contribution in [0.25, 0.3) is 0 Å². The van der Waals surface area contributed by atoms with Crippen LogP contribution >= 0.6 is 11.6 Å². The molecule has 0 unspecified atom stereocenters. The topological polar surface area (TPSA) is 82.0 Å². The van der Waals surface area contributed by atoms with Crippen LogP contribution in [0.3, 0.4) is 0 Å². The Hall–Kier alpha value is -3.14. The van der Waals surface area contributed by atoms with Crippen LogP contribution in [-0.4, -0.2) is 71.3 Å². The van der Waals surface area contributed by atoms with Gasteiger partial charge in [-0.25, -0.2) is 9.67 Å². The number of carbonyl (C=O) groups is 1. The third-order valence-corrected chi connectivity index (χ3v) is 6.68. The van der Waals surface area contributed by atoms with E-state index in [0.29, 0.717) is 18.2 Å². The van der Waals surface area contributed by atoms with Crippen molar-refractivity contribution in [3.8, 4) is 5.75 Å². The quantitative estimate of drug-likeness (QED) is 0.496. The number of hydrogen-bond donors (Lipinski definition) is 0. The van der Waals surface area contributed by atoms with Gasteiger partial charge >= 0.3 is 0 Å². The minimum atomic E-state index is -0.724. The molecule has 0 radical (unpaired) electrons. The van der Waals surface area contributed by atoms with Gasteiger partial charge in [-0.05, 0) is 42.0 Å². The van der Waals surface area contributed by atoms with Gasteiger partial charge < -0.3 is 24.0 Å². The highest BCUT2D eigenvalue weighted by molar-refractivity contribution is 6.30. The van der Waals surface area contributed by atoms with Gasteiger partial charge in [0.1, 0.15) is 30.6 Å². The van der Waals surface area contributed by atoms with Crippen molar-refractivity contribution in [2.24, 2.45) is 0 Å². The molecule has 2 aromatic carbocycles. The predicted molar refractivity (Wildman–Crippen MR) is 130 cm³/mol. The zero-order valence-corrected chi connectivity index (χ0v) is 20.3. The van der Waals surface area contributed by atoms with Gasteiger partial charge in [0.05, 0.1) is 13.2 Å². The van der Waals surface area contributed by atoms with Crippen LogP contribution in [0, 0.1) is 0 Å². The Labute approximate surface area is 209 Å². The van der Waals surface area contributed by atoms with Crippen LogP contribution in [0.4, 0.5) is 5.69 Å². The molecule has 5 rings (SSSR count). The second-order valence-corrected chi connectivity index (χ2v) is 9.19. The maximum Gasteiger partial charge on any atom is 0.219 e. The molecule has 1 amide bonds. The van der Waals surface area contributed by atoms with E-state index in [1.807, 2.05) is 53.4 Å². The number of ether oxygens (including phenoxy) is 3. The average molecular weight is 498 g/mol. The van der Waals surface area contributed by atoms with E-state index in [1.165, 1.54) is 6.33 Å². The van der Waals surface area contributed by atoms with Crippen molar-refractivity contribution in [2.45, 2.75) is 25.4 Å². The molecule has 10 heteroatoms. The van der Waals surface area contributed by atoms with E-state index >= 15 is 0 Å². The lowest BCUT2D eigenvalue weighted by molar-refractivity contribution is -0.129. The molecule has 2 aliphatic heterocycles. The Morgan fingerprint density at radius 3 is 2.51 bits per heavy atom. The first-order valence-corrected chi connectivity index (χ1v) is 12.0. The van der Waals surface area contributed by atoms with Crippen molar-refractivity contribution >= 4 is 23.2 Å². The molecular formula is C25H28ClN5O4. The van der Waals surface area contributed by atoms with Gasteiger partial charge in [-0.15, -0.1) is 0 Å². The molecule has 0 aliphatic carbocycles. The fourth-order valence-corrected chi connectivity index (χ4v) is 4.61. The highest BCUT2D eigenvalue weighted by atomic mass is 35.5. The molecule has 0 spiro atoms. The molecule has 1 aromatic heterocycles. The summed E-state index contributed by atoms with van der Waals surface area (Å²) < 4.78 is 20.1. The van der Waals surface area contributed by atoms with Crippen molar-refractivity contribution in [1.82, 2.24) is 19.7 Å². The summed E-state index contributed by atoms with van der Waals surface area (Å²) >= 11 is 6.09. The number of hydrogen-bond acceptors (Lipinski definition) is 7. The summed E-state index contributed by atoms with van der Waals surface area (Å²) in [6.45, 7) is 5.81. The molecule has 0 saturated carbocycles.